The second-order valence-corrected chi connectivity index (χ2v) is 5.63. The van der Waals surface area contributed by atoms with Gasteiger partial charge in [0.15, 0.2) is 0 Å². The Kier molecular flexibility index (Phi) is 4.46. The quantitative estimate of drug-likeness (QED) is 0.771. The van der Waals surface area contributed by atoms with Crippen molar-refractivity contribution in [3.8, 4) is 0 Å². The summed E-state index contributed by atoms with van der Waals surface area (Å²) in [6.45, 7) is 7.32. The lowest BCUT2D eigenvalue weighted by atomic mass is 9.82. The van der Waals surface area contributed by atoms with E-state index in [1.807, 2.05) is 6.07 Å². The monoisotopic (exact) mass is 250 g/mol. The lowest BCUT2D eigenvalue weighted by Crippen LogP contribution is -2.42. The van der Waals surface area contributed by atoms with Crippen LogP contribution in [-0.2, 0) is 6.54 Å². The predicted octanol–water partition coefficient (Wildman–Crippen LogP) is 3.01. The van der Waals surface area contributed by atoms with Crippen LogP contribution >= 0.6 is 0 Å². The molecule has 3 heteroatoms. The van der Waals surface area contributed by atoms with E-state index in [1.165, 1.54) is 12.8 Å². The van der Waals surface area contributed by atoms with Crippen molar-refractivity contribution in [1.29, 1.82) is 0 Å². The second-order valence-electron chi connectivity index (χ2n) is 5.63. The summed E-state index contributed by atoms with van der Waals surface area (Å²) in [5.74, 6) is 1.07. The molecule has 1 saturated carbocycles. The van der Waals surface area contributed by atoms with E-state index in [-0.39, 0.29) is 5.41 Å². The molecular weight excluding hydrogens is 224 g/mol. The van der Waals surface area contributed by atoms with Crippen molar-refractivity contribution >= 4 is 0 Å². The molecule has 0 aliphatic heterocycles. The van der Waals surface area contributed by atoms with E-state index in [0.717, 1.165) is 44.3 Å². The second kappa shape index (κ2) is 5.89. The van der Waals surface area contributed by atoms with E-state index in [4.69, 9.17) is 10.2 Å². The fourth-order valence-corrected chi connectivity index (χ4v) is 2.61. The van der Waals surface area contributed by atoms with Crippen LogP contribution in [0, 0.1) is 5.41 Å². The molecule has 2 rings (SSSR count). The Morgan fingerprint density at radius 3 is 2.56 bits per heavy atom. The summed E-state index contributed by atoms with van der Waals surface area (Å²) in [6, 6.07) is 4.78. The van der Waals surface area contributed by atoms with Crippen molar-refractivity contribution in [2.45, 2.75) is 52.1 Å². The molecular formula is C15H26N2O. The van der Waals surface area contributed by atoms with E-state index >= 15 is 0 Å². The minimum Gasteiger partial charge on any atom is -0.468 e. The predicted molar refractivity (Wildman–Crippen MR) is 74.2 cm³/mol. The first-order valence-corrected chi connectivity index (χ1v) is 7.19. The number of furan rings is 1. The first-order chi connectivity index (χ1) is 8.73. The molecule has 1 aliphatic carbocycles. The van der Waals surface area contributed by atoms with Gasteiger partial charge in [0, 0.05) is 12.6 Å². The molecule has 0 aromatic carbocycles. The number of hydrogen-bond acceptors (Lipinski definition) is 3. The molecule has 0 saturated heterocycles. The third kappa shape index (κ3) is 3.15. The normalized spacial score (nSPS) is 16.4. The smallest absolute Gasteiger partial charge is 0.117 e. The van der Waals surface area contributed by atoms with E-state index in [2.05, 4.69) is 24.8 Å². The largest absolute Gasteiger partial charge is 0.468 e. The summed E-state index contributed by atoms with van der Waals surface area (Å²) in [5.41, 5.74) is 6.29. The zero-order chi connectivity index (χ0) is 13.0. The van der Waals surface area contributed by atoms with Crippen molar-refractivity contribution in [2.75, 3.05) is 13.1 Å². The SMILES string of the molecule is CCC(CC)(CN)CN(Cc1ccco1)C1CC1. The standard InChI is InChI=1S/C15H26N2O/c1-3-15(4-2,11-16)12-17(13-7-8-13)10-14-6-5-9-18-14/h5-6,9,13H,3-4,7-8,10-12,16H2,1-2H3. The third-order valence-electron chi connectivity index (χ3n) is 4.47. The third-order valence-corrected chi connectivity index (χ3v) is 4.47. The van der Waals surface area contributed by atoms with Crippen molar-refractivity contribution < 1.29 is 4.42 Å². The van der Waals surface area contributed by atoms with Crippen LogP contribution in [0.25, 0.3) is 0 Å². The molecule has 18 heavy (non-hydrogen) atoms. The van der Waals surface area contributed by atoms with Gasteiger partial charge in [-0.2, -0.15) is 0 Å². The van der Waals surface area contributed by atoms with Crippen LogP contribution in [0.4, 0.5) is 0 Å². The Labute approximate surface area is 110 Å². The fraction of sp³-hybridized carbons (Fsp3) is 0.733. The van der Waals surface area contributed by atoms with Gasteiger partial charge in [-0.15, -0.1) is 0 Å². The molecule has 2 N–H and O–H groups in total. The van der Waals surface area contributed by atoms with Crippen LogP contribution in [0.15, 0.2) is 22.8 Å². The van der Waals surface area contributed by atoms with Crippen molar-refractivity contribution in [3.63, 3.8) is 0 Å². The highest BCUT2D eigenvalue weighted by molar-refractivity contribution is 5.00. The maximum Gasteiger partial charge on any atom is 0.117 e. The van der Waals surface area contributed by atoms with E-state index in [1.54, 1.807) is 6.26 Å². The maximum absolute atomic E-state index is 6.02. The molecule has 0 spiro atoms. The van der Waals surface area contributed by atoms with Crippen LogP contribution in [0.1, 0.15) is 45.3 Å². The molecule has 102 valence electrons. The summed E-state index contributed by atoms with van der Waals surface area (Å²) >= 11 is 0. The average molecular weight is 250 g/mol. The van der Waals surface area contributed by atoms with Crippen LogP contribution < -0.4 is 5.73 Å². The first-order valence-electron chi connectivity index (χ1n) is 7.19. The van der Waals surface area contributed by atoms with Crippen LogP contribution in [0.3, 0.4) is 0 Å². The molecule has 1 heterocycles. The summed E-state index contributed by atoms with van der Waals surface area (Å²) in [6.07, 6.45) is 6.72. The zero-order valence-electron chi connectivity index (χ0n) is 11.7. The molecule has 1 aliphatic rings. The Balaban J connectivity index is 2.01. The van der Waals surface area contributed by atoms with Gasteiger partial charge in [0.1, 0.15) is 5.76 Å². The average Bonchev–Trinajstić information content (AvgIpc) is 3.13. The molecule has 3 nitrogen and oxygen atoms in total. The van der Waals surface area contributed by atoms with Crippen molar-refractivity contribution in [2.24, 2.45) is 11.1 Å². The summed E-state index contributed by atoms with van der Waals surface area (Å²) < 4.78 is 5.48. The highest BCUT2D eigenvalue weighted by Crippen LogP contribution is 2.34. The Bertz CT molecular complexity index is 331. The van der Waals surface area contributed by atoms with Gasteiger partial charge in [0.2, 0.25) is 0 Å². The molecule has 1 fully saturated rings. The zero-order valence-corrected chi connectivity index (χ0v) is 11.7. The van der Waals surface area contributed by atoms with Gasteiger partial charge in [0.25, 0.3) is 0 Å². The summed E-state index contributed by atoms with van der Waals surface area (Å²) in [4.78, 5) is 2.57. The Morgan fingerprint density at radius 2 is 2.11 bits per heavy atom. The number of hydrogen-bond donors (Lipinski definition) is 1. The molecule has 0 radical (unpaired) electrons. The van der Waals surface area contributed by atoms with Gasteiger partial charge in [-0.1, -0.05) is 13.8 Å². The minimum absolute atomic E-state index is 0.273. The molecule has 0 unspecified atom stereocenters. The lowest BCUT2D eigenvalue weighted by Gasteiger charge is -2.36. The van der Waals surface area contributed by atoms with Crippen LogP contribution in [0.5, 0.6) is 0 Å². The van der Waals surface area contributed by atoms with Gasteiger partial charge >= 0.3 is 0 Å². The first kappa shape index (κ1) is 13.6. The molecule has 0 atom stereocenters. The van der Waals surface area contributed by atoms with Crippen LogP contribution in [0.2, 0.25) is 0 Å². The van der Waals surface area contributed by atoms with E-state index in [9.17, 15) is 0 Å². The highest BCUT2D eigenvalue weighted by atomic mass is 16.3. The Hall–Kier alpha value is -0.800. The number of rotatable bonds is 8. The van der Waals surface area contributed by atoms with E-state index in [0.29, 0.717) is 0 Å². The summed E-state index contributed by atoms with van der Waals surface area (Å²) in [5, 5.41) is 0. The molecule has 1 aromatic heterocycles. The van der Waals surface area contributed by atoms with E-state index < -0.39 is 0 Å². The van der Waals surface area contributed by atoms with Gasteiger partial charge in [-0.3, -0.25) is 4.90 Å². The van der Waals surface area contributed by atoms with Gasteiger partial charge in [-0.25, -0.2) is 0 Å². The molecule has 0 bridgehead atoms. The van der Waals surface area contributed by atoms with Gasteiger partial charge < -0.3 is 10.2 Å². The molecule has 0 amide bonds. The Morgan fingerprint density at radius 1 is 1.39 bits per heavy atom. The summed E-state index contributed by atoms with van der Waals surface area (Å²) in [7, 11) is 0. The highest BCUT2D eigenvalue weighted by Gasteiger charge is 2.35. The number of nitrogens with zero attached hydrogens (tertiary/aromatic N) is 1. The topological polar surface area (TPSA) is 42.4 Å². The van der Waals surface area contributed by atoms with Crippen molar-refractivity contribution in [3.05, 3.63) is 24.2 Å². The maximum atomic E-state index is 6.02. The van der Waals surface area contributed by atoms with Gasteiger partial charge in [-0.05, 0) is 49.8 Å². The van der Waals surface area contributed by atoms with Crippen molar-refractivity contribution in [1.82, 2.24) is 4.90 Å². The minimum atomic E-state index is 0.273. The molecule has 1 aromatic rings. The lowest BCUT2D eigenvalue weighted by molar-refractivity contribution is 0.124. The van der Waals surface area contributed by atoms with Crippen LogP contribution in [-0.4, -0.2) is 24.0 Å². The number of nitrogens with two attached hydrogens (primary N) is 1. The fourth-order valence-electron chi connectivity index (χ4n) is 2.61. The van der Waals surface area contributed by atoms with Gasteiger partial charge in [0.05, 0.1) is 12.8 Å².